The van der Waals surface area contributed by atoms with Crippen molar-refractivity contribution in [3.05, 3.63) is 34.9 Å². The summed E-state index contributed by atoms with van der Waals surface area (Å²) < 4.78 is 6.17. The van der Waals surface area contributed by atoms with E-state index in [1.807, 2.05) is 0 Å². The second kappa shape index (κ2) is 2.22. The lowest BCUT2D eigenvalue weighted by atomic mass is 9.78. The van der Waals surface area contributed by atoms with Gasteiger partial charge in [-0.25, -0.2) is 0 Å². The lowest BCUT2D eigenvalue weighted by Gasteiger charge is -2.22. The van der Waals surface area contributed by atoms with Gasteiger partial charge in [0.2, 0.25) is 0 Å². The maximum atomic E-state index is 6.17. The highest BCUT2D eigenvalue weighted by Gasteiger charge is 2.54. The van der Waals surface area contributed by atoms with Crippen LogP contribution in [0.5, 0.6) is 0 Å². The molecular formula is C13H16O. The van der Waals surface area contributed by atoms with Gasteiger partial charge in [-0.2, -0.15) is 0 Å². The normalized spacial score (nSPS) is 38.8. The molecule has 0 aromatic heterocycles. The van der Waals surface area contributed by atoms with Crippen LogP contribution in [0.3, 0.4) is 0 Å². The van der Waals surface area contributed by atoms with Crippen LogP contribution in [0, 0.1) is 6.92 Å². The SMILES string of the molecule is Cc1ccc2c(c1)C1(C)CCC2(C)O1. The summed E-state index contributed by atoms with van der Waals surface area (Å²) in [6, 6.07) is 6.73. The van der Waals surface area contributed by atoms with E-state index in [0.29, 0.717) is 0 Å². The minimum absolute atomic E-state index is 0.00220. The zero-order valence-corrected chi connectivity index (χ0v) is 9.05. The van der Waals surface area contributed by atoms with E-state index < -0.39 is 0 Å². The molecule has 2 unspecified atom stereocenters. The van der Waals surface area contributed by atoms with Gasteiger partial charge in [-0.3, -0.25) is 0 Å². The van der Waals surface area contributed by atoms with Crippen molar-refractivity contribution in [2.45, 2.75) is 44.8 Å². The van der Waals surface area contributed by atoms with Crippen molar-refractivity contribution in [3.63, 3.8) is 0 Å². The molecule has 74 valence electrons. The first kappa shape index (κ1) is 8.49. The van der Waals surface area contributed by atoms with Crippen LogP contribution in [0.25, 0.3) is 0 Å². The molecule has 0 amide bonds. The van der Waals surface area contributed by atoms with Gasteiger partial charge in [-0.1, -0.05) is 23.8 Å². The number of hydrogen-bond donors (Lipinski definition) is 0. The Hall–Kier alpha value is -0.820. The molecule has 3 rings (SSSR count). The van der Waals surface area contributed by atoms with Gasteiger partial charge in [-0.05, 0) is 44.7 Å². The summed E-state index contributed by atoms with van der Waals surface area (Å²) in [5, 5.41) is 0. The van der Waals surface area contributed by atoms with Crippen molar-refractivity contribution >= 4 is 0 Å². The molecule has 1 nitrogen and oxygen atoms in total. The third-order valence-corrected chi connectivity index (χ3v) is 3.84. The van der Waals surface area contributed by atoms with Gasteiger partial charge in [0.05, 0.1) is 11.2 Å². The standard InChI is InChI=1S/C13H16O/c1-9-4-5-10-11(8-9)13(3)7-6-12(10,2)14-13/h4-5,8H,6-7H2,1-3H3. The van der Waals surface area contributed by atoms with Crippen LogP contribution in [-0.2, 0) is 15.9 Å². The monoisotopic (exact) mass is 188 g/mol. The number of fused-ring (bicyclic) bond motifs is 5. The van der Waals surface area contributed by atoms with Crippen LogP contribution in [0.4, 0.5) is 0 Å². The fourth-order valence-electron chi connectivity index (χ4n) is 3.01. The molecular weight excluding hydrogens is 172 g/mol. The Bertz CT molecular complexity index is 410. The molecule has 2 heterocycles. The Labute approximate surface area is 85.1 Å². The first-order valence-electron chi connectivity index (χ1n) is 5.35. The molecule has 14 heavy (non-hydrogen) atoms. The predicted octanol–water partition coefficient (Wildman–Crippen LogP) is 3.25. The maximum Gasteiger partial charge on any atom is 0.0920 e. The largest absolute Gasteiger partial charge is 0.360 e. The van der Waals surface area contributed by atoms with E-state index >= 15 is 0 Å². The first-order valence-corrected chi connectivity index (χ1v) is 5.35. The Morgan fingerprint density at radius 1 is 1.07 bits per heavy atom. The van der Waals surface area contributed by atoms with Crippen LogP contribution < -0.4 is 0 Å². The van der Waals surface area contributed by atoms with Crippen molar-refractivity contribution in [2.24, 2.45) is 0 Å². The zero-order valence-electron chi connectivity index (χ0n) is 9.05. The number of rotatable bonds is 0. The summed E-state index contributed by atoms with van der Waals surface area (Å²) in [4.78, 5) is 0. The number of hydrogen-bond acceptors (Lipinski definition) is 1. The lowest BCUT2D eigenvalue weighted by molar-refractivity contribution is -0.0662. The summed E-state index contributed by atoms with van der Waals surface area (Å²) in [6.07, 6.45) is 2.33. The van der Waals surface area contributed by atoms with E-state index in [9.17, 15) is 0 Å². The molecule has 0 saturated carbocycles. The molecule has 0 spiro atoms. The molecule has 0 radical (unpaired) electrons. The van der Waals surface area contributed by atoms with E-state index in [2.05, 4.69) is 39.0 Å². The van der Waals surface area contributed by atoms with Gasteiger partial charge in [-0.15, -0.1) is 0 Å². The third-order valence-electron chi connectivity index (χ3n) is 3.84. The Kier molecular flexibility index (Phi) is 1.35. The van der Waals surface area contributed by atoms with Gasteiger partial charge in [0.1, 0.15) is 0 Å². The van der Waals surface area contributed by atoms with Crippen LogP contribution in [0.2, 0.25) is 0 Å². The van der Waals surface area contributed by atoms with Crippen molar-refractivity contribution in [1.29, 1.82) is 0 Å². The van der Waals surface area contributed by atoms with Crippen molar-refractivity contribution in [1.82, 2.24) is 0 Å². The molecule has 2 bridgehead atoms. The second-order valence-electron chi connectivity index (χ2n) is 5.11. The molecule has 1 fully saturated rings. The van der Waals surface area contributed by atoms with Gasteiger partial charge in [0.25, 0.3) is 0 Å². The van der Waals surface area contributed by atoms with E-state index in [1.165, 1.54) is 29.5 Å². The maximum absolute atomic E-state index is 6.17. The highest BCUT2D eigenvalue weighted by Crippen LogP contribution is 2.57. The molecule has 2 aliphatic heterocycles. The summed E-state index contributed by atoms with van der Waals surface area (Å²) in [7, 11) is 0. The molecule has 0 N–H and O–H groups in total. The summed E-state index contributed by atoms with van der Waals surface area (Å²) in [6.45, 7) is 6.60. The quantitative estimate of drug-likeness (QED) is 0.607. The van der Waals surface area contributed by atoms with Gasteiger partial charge in [0, 0.05) is 0 Å². The van der Waals surface area contributed by atoms with E-state index in [4.69, 9.17) is 4.74 Å². The minimum atomic E-state index is -0.00387. The van der Waals surface area contributed by atoms with Crippen LogP contribution in [0.1, 0.15) is 43.4 Å². The van der Waals surface area contributed by atoms with Crippen LogP contribution in [0.15, 0.2) is 18.2 Å². The Morgan fingerprint density at radius 2 is 1.71 bits per heavy atom. The number of ether oxygens (including phenoxy) is 1. The smallest absolute Gasteiger partial charge is 0.0920 e. The third kappa shape index (κ3) is 0.838. The molecule has 1 heteroatoms. The molecule has 1 saturated heterocycles. The van der Waals surface area contributed by atoms with Crippen LogP contribution >= 0.6 is 0 Å². The van der Waals surface area contributed by atoms with Crippen molar-refractivity contribution in [2.75, 3.05) is 0 Å². The van der Waals surface area contributed by atoms with E-state index in [-0.39, 0.29) is 11.2 Å². The molecule has 1 aromatic carbocycles. The molecule has 1 aromatic rings. The summed E-state index contributed by atoms with van der Waals surface area (Å²) >= 11 is 0. The summed E-state index contributed by atoms with van der Waals surface area (Å²) in [5.74, 6) is 0. The minimum Gasteiger partial charge on any atom is -0.360 e. The topological polar surface area (TPSA) is 9.23 Å². The fraction of sp³-hybridized carbons (Fsp3) is 0.538. The summed E-state index contributed by atoms with van der Waals surface area (Å²) in [5.41, 5.74) is 4.17. The lowest BCUT2D eigenvalue weighted by Crippen LogP contribution is -2.17. The van der Waals surface area contributed by atoms with Crippen LogP contribution in [-0.4, -0.2) is 0 Å². The van der Waals surface area contributed by atoms with E-state index in [0.717, 1.165) is 0 Å². The van der Waals surface area contributed by atoms with Gasteiger partial charge >= 0.3 is 0 Å². The molecule has 2 atom stereocenters. The highest BCUT2D eigenvalue weighted by atomic mass is 16.5. The highest BCUT2D eigenvalue weighted by molar-refractivity contribution is 5.45. The number of aryl methyl sites for hydroxylation is 1. The fourth-order valence-corrected chi connectivity index (χ4v) is 3.01. The van der Waals surface area contributed by atoms with Crippen molar-refractivity contribution < 1.29 is 4.74 Å². The number of benzene rings is 1. The average molecular weight is 188 g/mol. The van der Waals surface area contributed by atoms with Gasteiger partial charge < -0.3 is 4.74 Å². The molecule has 0 aliphatic carbocycles. The molecule has 2 aliphatic rings. The second-order valence-corrected chi connectivity index (χ2v) is 5.11. The average Bonchev–Trinajstić information content (AvgIpc) is 2.53. The van der Waals surface area contributed by atoms with E-state index in [1.54, 1.807) is 0 Å². The zero-order chi connectivity index (χ0) is 9.97. The predicted molar refractivity (Wildman–Crippen MR) is 56.2 cm³/mol. The van der Waals surface area contributed by atoms with Crippen molar-refractivity contribution in [3.8, 4) is 0 Å². The van der Waals surface area contributed by atoms with Gasteiger partial charge in [0.15, 0.2) is 0 Å². The Balaban J connectivity index is 2.29. The Morgan fingerprint density at radius 3 is 2.43 bits per heavy atom. The first-order chi connectivity index (χ1) is 6.54.